The zero-order valence-electron chi connectivity index (χ0n) is 40.2. The molecular formula is C58H64O12. The first kappa shape index (κ1) is 53.5. The van der Waals surface area contributed by atoms with Crippen molar-refractivity contribution in [1.29, 1.82) is 0 Å². The van der Waals surface area contributed by atoms with E-state index in [-0.39, 0.29) is 46.7 Å². The summed E-state index contributed by atoms with van der Waals surface area (Å²) in [6.45, 7) is 11.0. The van der Waals surface area contributed by atoms with Gasteiger partial charge in [0.2, 0.25) is 0 Å². The maximum absolute atomic E-state index is 13.5. The van der Waals surface area contributed by atoms with E-state index in [1.807, 2.05) is 79.7 Å². The van der Waals surface area contributed by atoms with Crippen molar-refractivity contribution in [3.05, 3.63) is 157 Å². The first-order valence-electron chi connectivity index (χ1n) is 24.2. The molecule has 5 aromatic carbocycles. The molecule has 0 fully saturated rings. The van der Waals surface area contributed by atoms with Crippen LogP contribution < -0.4 is 18.9 Å². The molecule has 0 aliphatic heterocycles. The Labute approximate surface area is 411 Å². The van der Waals surface area contributed by atoms with Crippen molar-refractivity contribution in [3.63, 3.8) is 0 Å². The summed E-state index contributed by atoms with van der Waals surface area (Å²) in [6.07, 6.45) is 15.0. The molecule has 0 N–H and O–H groups in total. The number of rotatable bonds is 31. The SMILES string of the molecule is C=CC(=O)OCCCCCCCCOc1ccc(-c2ccc(C(=O)Oc3ccc(C(=O)OCCC)cc3OC(=O)c3ccc(-c4ccc(OCCCCCCCCOC(=O)C=C)cc4)cc3)cc2)cc1. The van der Waals surface area contributed by atoms with Gasteiger partial charge in [-0.05, 0) is 121 Å². The summed E-state index contributed by atoms with van der Waals surface area (Å²) in [6, 6.07) is 33.5. The summed E-state index contributed by atoms with van der Waals surface area (Å²) >= 11 is 0. The molecule has 12 heteroatoms. The molecule has 5 aromatic rings. The van der Waals surface area contributed by atoms with Crippen molar-refractivity contribution in [2.75, 3.05) is 33.0 Å². The summed E-state index contributed by atoms with van der Waals surface area (Å²) in [5, 5.41) is 0. The van der Waals surface area contributed by atoms with E-state index in [2.05, 4.69) is 13.2 Å². The standard InChI is InChI=1S/C58H64O12/c1-4-37-68-56(61)49-31-36-52(69-57(62)47-23-19-43(20-24-47)45-27-32-50(33-28-45)64-38-15-11-7-9-13-17-40-66-54(59)5-2)53(42-49)70-58(63)48-25-21-44(22-26-48)46-29-34-51(35-30-46)65-39-16-12-8-10-14-18-41-67-55(60)6-3/h5-6,19-36,42H,2-4,7-18,37-41H2,1H3. The number of hydrogen-bond acceptors (Lipinski definition) is 12. The number of carbonyl (C=O) groups excluding carboxylic acids is 5. The van der Waals surface area contributed by atoms with Crippen molar-refractivity contribution in [2.45, 2.75) is 90.4 Å². The fraction of sp³-hybridized carbons (Fsp3) is 0.328. The molecule has 0 amide bonds. The number of ether oxygens (including phenoxy) is 7. The minimum Gasteiger partial charge on any atom is -0.494 e. The second-order valence-corrected chi connectivity index (χ2v) is 16.5. The fourth-order valence-corrected chi connectivity index (χ4v) is 7.15. The molecule has 0 saturated heterocycles. The smallest absolute Gasteiger partial charge is 0.343 e. The molecule has 0 radical (unpaired) electrons. The molecule has 0 heterocycles. The van der Waals surface area contributed by atoms with Gasteiger partial charge in [-0.25, -0.2) is 24.0 Å². The second-order valence-electron chi connectivity index (χ2n) is 16.5. The van der Waals surface area contributed by atoms with Gasteiger partial charge in [-0.3, -0.25) is 0 Å². The zero-order chi connectivity index (χ0) is 49.8. The molecule has 0 aromatic heterocycles. The van der Waals surface area contributed by atoms with E-state index in [0.29, 0.717) is 32.8 Å². The highest BCUT2D eigenvalue weighted by atomic mass is 16.6. The number of hydrogen-bond donors (Lipinski definition) is 0. The largest absolute Gasteiger partial charge is 0.494 e. The Morgan fingerprint density at radius 2 is 0.743 bits per heavy atom. The average molecular weight is 953 g/mol. The number of unbranched alkanes of at least 4 members (excludes halogenated alkanes) is 10. The van der Waals surface area contributed by atoms with Crippen molar-refractivity contribution in [1.82, 2.24) is 0 Å². The predicted octanol–water partition coefficient (Wildman–Crippen LogP) is 12.9. The zero-order valence-corrected chi connectivity index (χ0v) is 40.2. The lowest BCUT2D eigenvalue weighted by Crippen LogP contribution is -2.14. The first-order chi connectivity index (χ1) is 34.2. The molecule has 368 valence electrons. The Morgan fingerprint density at radius 3 is 1.14 bits per heavy atom. The van der Waals surface area contributed by atoms with E-state index in [1.165, 1.54) is 30.4 Å². The van der Waals surface area contributed by atoms with Crippen molar-refractivity contribution in [2.24, 2.45) is 0 Å². The molecule has 0 aliphatic rings. The lowest BCUT2D eigenvalue weighted by atomic mass is 10.0. The van der Waals surface area contributed by atoms with Crippen molar-refractivity contribution in [3.8, 4) is 45.3 Å². The normalized spacial score (nSPS) is 10.6. The molecule has 0 bridgehead atoms. The van der Waals surface area contributed by atoms with Crippen molar-refractivity contribution >= 4 is 29.8 Å². The van der Waals surface area contributed by atoms with Gasteiger partial charge in [0.25, 0.3) is 0 Å². The molecule has 0 atom stereocenters. The number of benzene rings is 5. The van der Waals surface area contributed by atoms with Crippen LogP contribution in [0, 0.1) is 0 Å². The minimum atomic E-state index is -0.713. The highest BCUT2D eigenvalue weighted by molar-refractivity contribution is 5.95. The van der Waals surface area contributed by atoms with Gasteiger partial charge in [-0.15, -0.1) is 0 Å². The maximum Gasteiger partial charge on any atom is 0.343 e. The van der Waals surface area contributed by atoms with E-state index in [1.54, 1.807) is 24.3 Å². The first-order valence-corrected chi connectivity index (χ1v) is 24.2. The Bertz CT molecular complexity index is 2440. The Balaban J connectivity index is 1.10. The average Bonchev–Trinajstić information content (AvgIpc) is 3.39. The van der Waals surface area contributed by atoms with Gasteiger partial charge in [0.05, 0.1) is 49.7 Å². The van der Waals surface area contributed by atoms with Gasteiger partial charge in [0, 0.05) is 12.2 Å². The second kappa shape index (κ2) is 30.1. The predicted molar refractivity (Wildman–Crippen MR) is 269 cm³/mol. The van der Waals surface area contributed by atoms with Gasteiger partial charge in [-0.1, -0.05) is 120 Å². The monoisotopic (exact) mass is 952 g/mol. The van der Waals surface area contributed by atoms with E-state index in [4.69, 9.17) is 33.2 Å². The van der Waals surface area contributed by atoms with Gasteiger partial charge < -0.3 is 33.2 Å². The van der Waals surface area contributed by atoms with Gasteiger partial charge in [0.1, 0.15) is 11.5 Å². The van der Waals surface area contributed by atoms with Gasteiger partial charge in [0.15, 0.2) is 11.5 Å². The Kier molecular flexibility index (Phi) is 23.0. The number of carbonyl (C=O) groups is 5. The van der Waals surface area contributed by atoms with Crippen LogP contribution in [0.25, 0.3) is 22.3 Å². The quantitative estimate of drug-likeness (QED) is 0.0137. The third-order valence-corrected chi connectivity index (χ3v) is 11.1. The molecule has 12 nitrogen and oxygen atoms in total. The minimum absolute atomic E-state index is 0.0477. The molecular weight excluding hydrogens is 889 g/mol. The topological polar surface area (TPSA) is 150 Å². The Morgan fingerprint density at radius 1 is 0.386 bits per heavy atom. The van der Waals surface area contributed by atoms with E-state index in [9.17, 15) is 24.0 Å². The highest BCUT2D eigenvalue weighted by Crippen LogP contribution is 2.32. The van der Waals surface area contributed by atoms with E-state index in [0.717, 1.165) is 111 Å². The van der Waals surface area contributed by atoms with Crippen molar-refractivity contribution < 1.29 is 57.1 Å². The van der Waals surface area contributed by atoms with Crippen LogP contribution in [0.15, 0.2) is 141 Å². The third kappa shape index (κ3) is 18.6. The lowest BCUT2D eigenvalue weighted by molar-refractivity contribution is -0.138. The van der Waals surface area contributed by atoms with Crippen LogP contribution in [0.1, 0.15) is 121 Å². The summed E-state index contributed by atoms with van der Waals surface area (Å²) in [7, 11) is 0. The maximum atomic E-state index is 13.5. The molecule has 0 aliphatic carbocycles. The highest BCUT2D eigenvalue weighted by Gasteiger charge is 2.20. The number of esters is 5. The van der Waals surface area contributed by atoms with Crippen LogP contribution in [0.2, 0.25) is 0 Å². The molecule has 0 spiro atoms. The van der Waals surface area contributed by atoms with Crippen LogP contribution in [0.3, 0.4) is 0 Å². The van der Waals surface area contributed by atoms with E-state index < -0.39 is 17.9 Å². The molecule has 0 unspecified atom stereocenters. The lowest BCUT2D eigenvalue weighted by Gasteiger charge is -2.13. The van der Waals surface area contributed by atoms with Gasteiger partial charge in [-0.2, -0.15) is 0 Å². The van der Waals surface area contributed by atoms with E-state index >= 15 is 0 Å². The van der Waals surface area contributed by atoms with Crippen LogP contribution in [-0.2, 0) is 23.8 Å². The summed E-state index contributed by atoms with van der Waals surface area (Å²) in [5.41, 5.74) is 4.28. The third-order valence-electron chi connectivity index (χ3n) is 11.1. The summed E-state index contributed by atoms with van der Waals surface area (Å²) < 4.78 is 38.7. The Hall–Kier alpha value is -7.47. The molecule has 70 heavy (non-hydrogen) atoms. The summed E-state index contributed by atoms with van der Waals surface area (Å²) in [4.78, 5) is 62.0. The summed E-state index contributed by atoms with van der Waals surface area (Å²) in [5.74, 6) is -1.39. The van der Waals surface area contributed by atoms with Crippen LogP contribution >= 0.6 is 0 Å². The van der Waals surface area contributed by atoms with Crippen LogP contribution in [0.5, 0.6) is 23.0 Å². The molecule has 0 saturated carbocycles. The fourth-order valence-electron chi connectivity index (χ4n) is 7.15. The van der Waals surface area contributed by atoms with Gasteiger partial charge >= 0.3 is 29.8 Å². The molecule has 5 rings (SSSR count). The van der Waals surface area contributed by atoms with Crippen LogP contribution in [0.4, 0.5) is 0 Å². The van der Waals surface area contributed by atoms with Crippen LogP contribution in [-0.4, -0.2) is 62.9 Å².